The third-order valence-electron chi connectivity index (χ3n) is 4.15. The first kappa shape index (κ1) is 17.1. The molecule has 0 unspecified atom stereocenters. The van der Waals surface area contributed by atoms with Gasteiger partial charge >= 0.3 is 0 Å². The van der Waals surface area contributed by atoms with E-state index in [1.165, 1.54) is 12.8 Å². The number of carbonyl (C=O) groups is 1. The molecule has 0 atom stereocenters. The maximum Gasteiger partial charge on any atom is 0.269 e. The predicted octanol–water partition coefficient (Wildman–Crippen LogP) is 3.96. The molecule has 0 radical (unpaired) electrons. The molecule has 126 valence electrons. The Morgan fingerprint density at radius 2 is 1.96 bits per heavy atom. The Morgan fingerprint density at radius 3 is 2.62 bits per heavy atom. The average Bonchev–Trinajstić information content (AvgIpc) is 3.11. The topological polar surface area (TPSA) is 45.2 Å². The zero-order valence-electron chi connectivity index (χ0n) is 13.3. The Balaban J connectivity index is 1.53. The first-order valence-corrected chi connectivity index (χ1v) is 8.82. The number of anilines is 1. The van der Waals surface area contributed by atoms with Crippen LogP contribution in [0.1, 0.15) is 28.9 Å². The summed E-state index contributed by atoms with van der Waals surface area (Å²) in [6, 6.07) is 9.11. The Kier molecular flexibility index (Phi) is 5.59. The van der Waals surface area contributed by atoms with Crippen LogP contribution in [0.4, 0.5) is 5.69 Å². The van der Waals surface area contributed by atoms with Crippen molar-refractivity contribution in [2.75, 3.05) is 24.5 Å². The van der Waals surface area contributed by atoms with Gasteiger partial charge in [-0.05, 0) is 49.1 Å². The van der Waals surface area contributed by atoms with Gasteiger partial charge in [-0.3, -0.25) is 4.79 Å². The average molecular weight is 364 g/mol. The second-order valence-corrected chi connectivity index (χ2v) is 6.68. The highest BCUT2D eigenvalue weighted by Gasteiger charge is 2.14. The number of amides is 1. The van der Waals surface area contributed by atoms with Crippen molar-refractivity contribution in [3.8, 4) is 0 Å². The molecule has 24 heavy (non-hydrogen) atoms. The highest BCUT2D eigenvalue weighted by atomic mass is 35.5. The maximum atomic E-state index is 12.2. The highest BCUT2D eigenvalue weighted by Crippen LogP contribution is 2.21. The minimum atomic E-state index is -0.173. The van der Waals surface area contributed by atoms with Crippen LogP contribution in [-0.4, -0.2) is 30.5 Å². The Hall–Kier alpha value is -1.78. The minimum Gasteiger partial charge on any atom is -0.370 e. The molecule has 0 saturated carbocycles. The SMILES string of the molecule is O=C(NCCc1ccc(Cl)cc1Cl)c1ccc(N2CCCC2)cn1. The van der Waals surface area contributed by atoms with Gasteiger partial charge < -0.3 is 10.2 Å². The second kappa shape index (κ2) is 7.86. The molecule has 1 fully saturated rings. The first-order valence-electron chi connectivity index (χ1n) is 8.06. The molecular weight excluding hydrogens is 345 g/mol. The van der Waals surface area contributed by atoms with Crippen molar-refractivity contribution in [2.45, 2.75) is 19.3 Å². The van der Waals surface area contributed by atoms with E-state index < -0.39 is 0 Å². The number of rotatable bonds is 5. The monoisotopic (exact) mass is 363 g/mol. The van der Waals surface area contributed by atoms with Crippen LogP contribution in [0, 0.1) is 0 Å². The van der Waals surface area contributed by atoms with Gasteiger partial charge in [0.15, 0.2) is 0 Å². The maximum absolute atomic E-state index is 12.2. The van der Waals surface area contributed by atoms with Crippen LogP contribution in [0.5, 0.6) is 0 Å². The van der Waals surface area contributed by atoms with Gasteiger partial charge in [0.2, 0.25) is 0 Å². The van der Waals surface area contributed by atoms with Gasteiger partial charge in [0.05, 0.1) is 11.9 Å². The van der Waals surface area contributed by atoms with Crippen molar-refractivity contribution >= 4 is 34.8 Å². The smallest absolute Gasteiger partial charge is 0.269 e. The number of hydrogen-bond donors (Lipinski definition) is 1. The molecule has 1 N–H and O–H groups in total. The molecule has 3 rings (SSSR count). The van der Waals surface area contributed by atoms with E-state index in [0.29, 0.717) is 28.7 Å². The standard InChI is InChI=1S/C18H19Cl2N3O/c19-14-4-3-13(16(20)11-14)7-8-21-18(24)17-6-5-15(12-22-17)23-9-1-2-10-23/h3-6,11-12H,1-2,7-10H2,(H,21,24). The summed E-state index contributed by atoms with van der Waals surface area (Å²) in [5.41, 5.74) is 2.47. The van der Waals surface area contributed by atoms with Gasteiger partial charge in [0.25, 0.3) is 5.91 Å². The van der Waals surface area contributed by atoms with Gasteiger partial charge in [-0.15, -0.1) is 0 Å². The van der Waals surface area contributed by atoms with Crippen LogP contribution in [0.15, 0.2) is 36.5 Å². The van der Waals surface area contributed by atoms with Crippen LogP contribution in [0.25, 0.3) is 0 Å². The van der Waals surface area contributed by atoms with Crippen molar-refractivity contribution in [2.24, 2.45) is 0 Å². The van der Waals surface area contributed by atoms with Crippen LogP contribution in [0.2, 0.25) is 10.0 Å². The van der Waals surface area contributed by atoms with E-state index in [9.17, 15) is 4.79 Å². The van der Waals surface area contributed by atoms with Crippen LogP contribution in [-0.2, 0) is 6.42 Å². The third kappa shape index (κ3) is 4.19. The normalized spacial score (nSPS) is 14.0. The summed E-state index contributed by atoms with van der Waals surface area (Å²) in [5, 5.41) is 4.09. The Morgan fingerprint density at radius 1 is 1.17 bits per heavy atom. The number of nitrogens with zero attached hydrogens (tertiary/aromatic N) is 2. The molecule has 1 saturated heterocycles. The van der Waals surface area contributed by atoms with Crippen LogP contribution < -0.4 is 10.2 Å². The third-order valence-corrected chi connectivity index (χ3v) is 4.73. The van der Waals surface area contributed by atoms with E-state index in [4.69, 9.17) is 23.2 Å². The number of aromatic nitrogens is 1. The zero-order valence-corrected chi connectivity index (χ0v) is 14.8. The number of pyridine rings is 1. The molecule has 1 aromatic heterocycles. The molecule has 1 aliphatic rings. The molecule has 0 spiro atoms. The molecule has 1 aromatic carbocycles. The van der Waals surface area contributed by atoms with Gasteiger partial charge in [0, 0.05) is 29.7 Å². The van der Waals surface area contributed by atoms with E-state index in [0.717, 1.165) is 24.3 Å². The molecule has 1 aliphatic heterocycles. The van der Waals surface area contributed by atoms with Gasteiger partial charge in [-0.1, -0.05) is 29.3 Å². The van der Waals surface area contributed by atoms with E-state index in [-0.39, 0.29) is 5.91 Å². The molecule has 1 amide bonds. The van der Waals surface area contributed by atoms with Crippen molar-refractivity contribution in [1.82, 2.24) is 10.3 Å². The molecule has 2 aromatic rings. The molecule has 4 nitrogen and oxygen atoms in total. The van der Waals surface area contributed by atoms with Gasteiger partial charge in [0.1, 0.15) is 5.69 Å². The van der Waals surface area contributed by atoms with Crippen LogP contribution >= 0.6 is 23.2 Å². The van der Waals surface area contributed by atoms with E-state index >= 15 is 0 Å². The largest absolute Gasteiger partial charge is 0.370 e. The molecule has 2 heterocycles. The number of nitrogens with one attached hydrogen (secondary N) is 1. The van der Waals surface area contributed by atoms with Crippen molar-refractivity contribution in [1.29, 1.82) is 0 Å². The summed E-state index contributed by atoms with van der Waals surface area (Å²) < 4.78 is 0. The fourth-order valence-electron chi connectivity index (χ4n) is 2.81. The first-order chi connectivity index (χ1) is 11.6. The lowest BCUT2D eigenvalue weighted by Crippen LogP contribution is -2.27. The predicted molar refractivity (Wildman–Crippen MR) is 98.2 cm³/mol. The summed E-state index contributed by atoms with van der Waals surface area (Å²) in [4.78, 5) is 18.7. The van der Waals surface area contributed by atoms with E-state index in [2.05, 4.69) is 15.2 Å². The van der Waals surface area contributed by atoms with Crippen LogP contribution in [0.3, 0.4) is 0 Å². The van der Waals surface area contributed by atoms with E-state index in [1.54, 1.807) is 24.4 Å². The molecule has 0 aliphatic carbocycles. The fourth-order valence-corrected chi connectivity index (χ4v) is 3.31. The highest BCUT2D eigenvalue weighted by molar-refractivity contribution is 6.35. The lowest BCUT2D eigenvalue weighted by molar-refractivity contribution is 0.0949. The number of benzene rings is 1. The Bertz CT molecular complexity index is 713. The van der Waals surface area contributed by atoms with Gasteiger partial charge in [-0.2, -0.15) is 0 Å². The number of halogens is 2. The number of carbonyl (C=O) groups excluding carboxylic acids is 1. The summed E-state index contributed by atoms with van der Waals surface area (Å²) in [5.74, 6) is -0.173. The van der Waals surface area contributed by atoms with Crippen molar-refractivity contribution in [3.63, 3.8) is 0 Å². The van der Waals surface area contributed by atoms with Crippen molar-refractivity contribution in [3.05, 3.63) is 57.8 Å². The second-order valence-electron chi connectivity index (χ2n) is 5.84. The van der Waals surface area contributed by atoms with Gasteiger partial charge in [-0.25, -0.2) is 4.98 Å². The fraction of sp³-hybridized carbons (Fsp3) is 0.333. The minimum absolute atomic E-state index is 0.173. The van der Waals surface area contributed by atoms with Crippen molar-refractivity contribution < 1.29 is 4.79 Å². The number of hydrogen-bond acceptors (Lipinski definition) is 3. The lowest BCUT2D eigenvalue weighted by Gasteiger charge is -2.17. The van der Waals surface area contributed by atoms with E-state index in [1.807, 2.05) is 12.1 Å². The quantitative estimate of drug-likeness (QED) is 0.874. The molecule has 0 bridgehead atoms. The summed E-state index contributed by atoms with van der Waals surface area (Å²) in [6.07, 6.45) is 4.86. The zero-order chi connectivity index (χ0) is 16.9. The molecular formula is C18H19Cl2N3O. The lowest BCUT2D eigenvalue weighted by atomic mass is 10.1. The summed E-state index contributed by atoms with van der Waals surface area (Å²) >= 11 is 12.0. The molecule has 6 heteroatoms. The summed E-state index contributed by atoms with van der Waals surface area (Å²) in [6.45, 7) is 2.62. The Labute approximate surface area is 151 Å². The summed E-state index contributed by atoms with van der Waals surface area (Å²) in [7, 11) is 0.